The number of benzene rings is 1. The predicted molar refractivity (Wildman–Crippen MR) is 88.3 cm³/mol. The summed E-state index contributed by atoms with van der Waals surface area (Å²) in [6.07, 6.45) is 1.64. The molecule has 0 spiro atoms. The molecule has 0 saturated heterocycles. The van der Waals surface area contributed by atoms with E-state index in [1.165, 1.54) is 6.07 Å². The van der Waals surface area contributed by atoms with E-state index in [1.54, 1.807) is 0 Å². The van der Waals surface area contributed by atoms with Crippen molar-refractivity contribution < 1.29 is 8.42 Å². The Labute approximate surface area is 136 Å². The third-order valence-corrected chi connectivity index (χ3v) is 4.85. The zero-order valence-electron chi connectivity index (χ0n) is 12.4. The molecule has 9 heteroatoms. The Hall–Kier alpha value is -2.78. The van der Waals surface area contributed by atoms with Gasteiger partial charge < -0.3 is 0 Å². The van der Waals surface area contributed by atoms with Crippen molar-refractivity contribution in [3.8, 4) is 0 Å². The second kappa shape index (κ2) is 6.38. The predicted octanol–water partition coefficient (Wildman–Crippen LogP) is 0.132. The number of rotatable bonds is 5. The maximum Gasteiger partial charge on any atom is 0.327 e. The van der Waals surface area contributed by atoms with E-state index in [0.717, 1.165) is 11.8 Å². The van der Waals surface area contributed by atoms with Crippen LogP contribution in [0, 0.1) is 0 Å². The smallest absolute Gasteiger partial charge is 0.291 e. The normalized spacial score (nSPS) is 11.7. The summed E-state index contributed by atoms with van der Waals surface area (Å²) in [6, 6.07) is 10.6. The summed E-state index contributed by atoms with van der Waals surface area (Å²) in [5.41, 5.74) is -0.350. The molecule has 0 bridgehead atoms. The van der Waals surface area contributed by atoms with Crippen LogP contribution in [0.2, 0.25) is 0 Å². The SMILES string of the molecule is O=c1[nH]c(=O)c2cc(S(=O)(=O)NCCc3ccccc3)cnc2[nH]1. The van der Waals surface area contributed by atoms with Gasteiger partial charge in [0.05, 0.1) is 5.39 Å². The summed E-state index contributed by atoms with van der Waals surface area (Å²) in [5.74, 6) is 0. The van der Waals surface area contributed by atoms with Crippen LogP contribution in [0.4, 0.5) is 0 Å². The molecular formula is C15H14N4O4S. The quantitative estimate of drug-likeness (QED) is 0.606. The van der Waals surface area contributed by atoms with E-state index in [2.05, 4.69) is 14.7 Å². The van der Waals surface area contributed by atoms with Crippen LogP contribution >= 0.6 is 0 Å². The van der Waals surface area contributed by atoms with Gasteiger partial charge in [0, 0.05) is 12.7 Å². The molecule has 0 fully saturated rings. The highest BCUT2D eigenvalue weighted by Crippen LogP contribution is 2.11. The first kappa shape index (κ1) is 16.1. The minimum atomic E-state index is -3.81. The molecule has 0 unspecified atom stereocenters. The van der Waals surface area contributed by atoms with Crippen LogP contribution < -0.4 is 16.0 Å². The topological polar surface area (TPSA) is 125 Å². The molecular weight excluding hydrogens is 332 g/mol. The lowest BCUT2D eigenvalue weighted by atomic mass is 10.2. The van der Waals surface area contributed by atoms with Crippen molar-refractivity contribution in [1.29, 1.82) is 0 Å². The first-order valence-electron chi connectivity index (χ1n) is 7.12. The number of pyridine rings is 1. The van der Waals surface area contributed by atoms with Crippen molar-refractivity contribution in [3.63, 3.8) is 0 Å². The van der Waals surface area contributed by atoms with Crippen molar-refractivity contribution in [1.82, 2.24) is 19.7 Å². The number of nitrogens with zero attached hydrogens (tertiary/aromatic N) is 1. The molecule has 124 valence electrons. The molecule has 0 atom stereocenters. The molecule has 0 radical (unpaired) electrons. The molecule has 2 heterocycles. The number of H-pyrrole nitrogens is 2. The monoisotopic (exact) mass is 346 g/mol. The molecule has 1 aromatic carbocycles. The first-order chi connectivity index (χ1) is 11.5. The minimum absolute atomic E-state index is 0.000495. The molecule has 3 rings (SSSR count). The maximum atomic E-state index is 12.3. The molecule has 0 amide bonds. The van der Waals surface area contributed by atoms with Gasteiger partial charge in [-0.2, -0.15) is 0 Å². The first-order valence-corrected chi connectivity index (χ1v) is 8.60. The zero-order chi connectivity index (χ0) is 17.2. The Morgan fingerprint density at radius 3 is 2.58 bits per heavy atom. The van der Waals surface area contributed by atoms with Crippen molar-refractivity contribution in [2.75, 3.05) is 6.54 Å². The van der Waals surface area contributed by atoms with E-state index >= 15 is 0 Å². The van der Waals surface area contributed by atoms with E-state index in [1.807, 2.05) is 35.3 Å². The fraction of sp³-hybridized carbons (Fsp3) is 0.133. The second-order valence-corrected chi connectivity index (χ2v) is 6.88. The maximum absolute atomic E-state index is 12.3. The Morgan fingerprint density at radius 2 is 1.83 bits per heavy atom. The molecule has 2 aromatic heterocycles. The lowest BCUT2D eigenvalue weighted by molar-refractivity contribution is 0.581. The van der Waals surface area contributed by atoms with Crippen LogP contribution in [-0.4, -0.2) is 29.9 Å². The standard InChI is InChI=1S/C15H14N4O4S/c20-14-12-8-11(9-16-13(12)18-15(21)19-14)24(22,23)17-7-6-10-4-2-1-3-5-10/h1-5,8-9,17H,6-7H2,(H2,16,18,19,20,21). The fourth-order valence-corrected chi connectivity index (χ4v) is 3.23. The number of hydrogen-bond acceptors (Lipinski definition) is 5. The van der Waals surface area contributed by atoms with Crippen LogP contribution in [-0.2, 0) is 16.4 Å². The van der Waals surface area contributed by atoms with E-state index < -0.39 is 21.3 Å². The van der Waals surface area contributed by atoms with Gasteiger partial charge in [0.15, 0.2) is 0 Å². The number of sulfonamides is 1. The Bertz CT molecular complexity index is 1090. The largest absolute Gasteiger partial charge is 0.327 e. The summed E-state index contributed by atoms with van der Waals surface area (Å²) >= 11 is 0. The molecule has 0 aliphatic heterocycles. The highest BCUT2D eigenvalue weighted by atomic mass is 32.2. The summed E-state index contributed by atoms with van der Waals surface area (Å²) in [7, 11) is -3.81. The van der Waals surface area contributed by atoms with Crippen LogP contribution in [0.25, 0.3) is 11.0 Å². The van der Waals surface area contributed by atoms with Gasteiger partial charge in [-0.05, 0) is 18.1 Å². The highest BCUT2D eigenvalue weighted by molar-refractivity contribution is 7.89. The van der Waals surface area contributed by atoms with Gasteiger partial charge >= 0.3 is 5.69 Å². The summed E-state index contributed by atoms with van der Waals surface area (Å²) < 4.78 is 27.1. The molecule has 0 aliphatic carbocycles. The molecule has 3 aromatic rings. The fourth-order valence-electron chi connectivity index (χ4n) is 2.23. The van der Waals surface area contributed by atoms with Gasteiger partial charge in [0.1, 0.15) is 10.5 Å². The summed E-state index contributed by atoms with van der Waals surface area (Å²) in [5, 5.41) is 0.000495. The van der Waals surface area contributed by atoms with Gasteiger partial charge in [0.2, 0.25) is 10.0 Å². The molecule has 8 nitrogen and oxygen atoms in total. The average Bonchev–Trinajstić information content (AvgIpc) is 2.55. The van der Waals surface area contributed by atoms with Crippen LogP contribution in [0.1, 0.15) is 5.56 Å². The average molecular weight is 346 g/mol. The van der Waals surface area contributed by atoms with E-state index in [4.69, 9.17) is 0 Å². The summed E-state index contributed by atoms with van der Waals surface area (Å²) in [4.78, 5) is 31.0. The number of nitrogens with one attached hydrogen (secondary N) is 3. The van der Waals surface area contributed by atoms with Gasteiger partial charge in [0.25, 0.3) is 5.56 Å². The van der Waals surface area contributed by atoms with Crippen molar-refractivity contribution in [2.45, 2.75) is 11.3 Å². The highest BCUT2D eigenvalue weighted by Gasteiger charge is 2.16. The third-order valence-electron chi connectivity index (χ3n) is 3.43. The number of hydrogen-bond donors (Lipinski definition) is 3. The summed E-state index contributed by atoms with van der Waals surface area (Å²) in [6.45, 7) is 0.215. The molecule has 3 N–H and O–H groups in total. The van der Waals surface area contributed by atoms with Crippen LogP contribution in [0.15, 0.2) is 57.1 Å². The lowest BCUT2D eigenvalue weighted by Crippen LogP contribution is -2.27. The Kier molecular flexibility index (Phi) is 4.28. The van der Waals surface area contributed by atoms with Gasteiger partial charge in [-0.15, -0.1) is 0 Å². The van der Waals surface area contributed by atoms with Crippen molar-refractivity contribution >= 4 is 21.1 Å². The Balaban J connectivity index is 1.83. The van der Waals surface area contributed by atoms with Gasteiger partial charge in [-0.25, -0.2) is 22.9 Å². The second-order valence-electron chi connectivity index (χ2n) is 5.11. The van der Waals surface area contributed by atoms with E-state index in [9.17, 15) is 18.0 Å². The molecule has 24 heavy (non-hydrogen) atoms. The van der Waals surface area contributed by atoms with E-state index in [0.29, 0.717) is 6.42 Å². The zero-order valence-corrected chi connectivity index (χ0v) is 13.3. The number of fused-ring (bicyclic) bond motifs is 1. The van der Waals surface area contributed by atoms with E-state index in [-0.39, 0.29) is 22.5 Å². The van der Waals surface area contributed by atoms with Gasteiger partial charge in [-0.1, -0.05) is 30.3 Å². The van der Waals surface area contributed by atoms with Crippen molar-refractivity contribution in [2.24, 2.45) is 0 Å². The number of aromatic nitrogens is 3. The number of aromatic amines is 2. The van der Waals surface area contributed by atoms with Gasteiger partial charge in [-0.3, -0.25) is 14.8 Å². The van der Waals surface area contributed by atoms with Crippen LogP contribution in [0.3, 0.4) is 0 Å². The lowest BCUT2D eigenvalue weighted by Gasteiger charge is -2.07. The minimum Gasteiger partial charge on any atom is -0.291 e. The molecule has 0 aliphatic rings. The molecule has 0 saturated carbocycles. The third kappa shape index (κ3) is 3.42. The Morgan fingerprint density at radius 1 is 1.08 bits per heavy atom. The van der Waals surface area contributed by atoms with Crippen molar-refractivity contribution in [3.05, 3.63) is 69.0 Å². The van der Waals surface area contributed by atoms with Crippen LogP contribution in [0.5, 0.6) is 0 Å².